The van der Waals surface area contributed by atoms with Crippen LogP contribution in [0.25, 0.3) is 0 Å². The lowest BCUT2D eigenvalue weighted by molar-refractivity contribution is -0.150. The molecule has 0 amide bonds. The van der Waals surface area contributed by atoms with Gasteiger partial charge in [-0.1, -0.05) is 12.8 Å². The highest BCUT2D eigenvalue weighted by molar-refractivity contribution is 5.75. The minimum Gasteiger partial charge on any atom is -0.481 e. The van der Waals surface area contributed by atoms with Gasteiger partial charge < -0.3 is 10.8 Å². The summed E-state index contributed by atoms with van der Waals surface area (Å²) < 4.78 is 0. The molecule has 0 aromatic rings. The molecule has 0 bridgehead atoms. The van der Waals surface area contributed by atoms with E-state index in [-0.39, 0.29) is 6.04 Å². The van der Waals surface area contributed by atoms with Gasteiger partial charge in [0.05, 0.1) is 5.41 Å². The average molecular weight is 157 g/mol. The van der Waals surface area contributed by atoms with E-state index in [9.17, 15) is 4.79 Å². The third kappa shape index (κ3) is 1.38. The van der Waals surface area contributed by atoms with Crippen LogP contribution in [0.15, 0.2) is 0 Å². The van der Waals surface area contributed by atoms with Gasteiger partial charge in [-0.3, -0.25) is 4.79 Å². The van der Waals surface area contributed by atoms with Crippen molar-refractivity contribution in [3.8, 4) is 0 Å². The molecule has 3 nitrogen and oxygen atoms in total. The fraction of sp³-hybridized carbons (Fsp3) is 0.875. The van der Waals surface area contributed by atoms with Gasteiger partial charge in [0.25, 0.3) is 0 Å². The first-order valence-electron chi connectivity index (χ1n) is 4.06. The van der Waals surface area contributed by atoms with Crippen LogP contribution in [0.2, 0.25) is 0 Å². The van der Waals surface area contributed by atoms with Crippen LogP contribution in [0.4, 0.5) is 0 Å². The Balaban J connectivity index is 2.72. The summed E-state index contributed by atoms with van der Waals surface area (Å²) in [6.45, 7) is 1.75. The van der Waals surface area contributed by atoms with Gasteiger partial charge in [0.2, 0.25) is 0 Å². The smallest absolute Gasteiger partial charge is 0.310 e. The predicted octanol–water partition coefficient (Wildman–Crippen LogP) is 0.979. The molecule has 1 aliphatic rings. The lowest BCUT2D eigenvalue weighted by Gasteiger charge is -2.35. The normalized spacial score (nSPS) is 38.5. The van der Waals surface area contributed by atoms with Crippen LogP contribution in [0.1, 0.15) is 32.6 Å². The fourth-order valence-electron chi connectivity index (χ4n) is 1.63. The maximum atomic E-state index is 10.8. The summed E-state index contributed by atoms with van der Waals surface area (Å²) in [5, 5.41) is 8.89. The summed E-state index contributed by atoms with van der Waals surface area (Å²) in [6, 6.07) is -0.159. The van der Waals surface area contributed by atoms with Gasteiger partial charge >= 0.3 is 5.97 Å². The summed E-state index contributed by atoms with van der Waals surface area (Å²) >= 11 is 0. The molecule has 0 aromatic carbocycles. The topological polar surface area (TPSA) is 63.3 Å². The Kier molecular flexibility index (Phi) is 2.18. The first-order valence-corrected chi connectivity index (χ1v) is 4.06. The summed E-state index contributed by atoms with van der Waals surface area (Å²) in [6.07, 6.45) is 3.65. The Morgan fingerprint density at radius 1 is 1.64 bits per heavy atom. The van der Waals surface area contributed by atoms with Crippen molar-refractivity contribution in [1.82, 2.24) is 0 Å². The SMILES string of the molecule is CC1(C(=O)O)CCCCC1N. The monoisotopic (exact) mass is 157 g/mol. The Morgan fingerprint density at radius 2 is 2.27 bits per heavy atom. The third-order valence-corrected chi connectivity index (χ3v) is 2.77. The highest BCUT2D eigenvalue weighted by atomic mass is 16.4. The van der Waals surface area contributed by atoms with Gasteiger partial charge in [-0.25, -0.2) is 0 Å². The summed E-state index contributed by atoms with van der Waals surface area (Å²) in [5.41, 5.74) is 5.06. The van der Waals surface area contributed by atoms with E-state index in [1.807, 2.05) is 0 Å². The maximum Gasteiger partial charge on any atom is 0.310 e. The van der Waals surface area contributed by atoms with Crippen LogP contribution in [-0.4, -0.2) is 17.1 Å². The maximum absolute atomic E-state index is 10.8. The molecule has 0 aromatic heterocycles. The number of hydrogen-bond donors (Lipinski definition) is 2. The third-order valence-electron chi connectivity index (χ3n) is 2.77. The van der Waals surface area contributed by atoms with Crippen molar-refractivity contribution in [2.45, 2.75) is 38.6 Å². The summed E-state index contributed by atoms with van der Waals surface area (Å²) in [5.74, 6) is -0.746. The van der Waals surface area contributed by atoms with Crippen LogP contribution in [0.3, 0.4) is 0 Å². The molecule has 64 valence electrons. The van der Waals surface area contributed by atoms with Gasteiger partial charge in [0, 0.05) is 6.04 Å². The Bertz CT molecular complexity index is 169. The molecule has 0 heterocycles. The number of aliphatic carboxylic acids is 1. The molecule has 11 heavy (non-hydrogen) atoms. The molecule has 0 saturated heterocycles. The zero-order valence-corrected chi connectivity index (χ0v) is 6.84. The first kappa shape index (κ1) is 8.53. The Labute approximate surface area is 66.6 Å². The number of carbonyl (C=O) groups is 1. The number of nitrogens with two attached hydrogens (primary N) is 1. The largest absolute Gasteiger partial charge is 0.481 e. The second-order valence-corrected chi connectivity index (χ2v) is 3.57. The van der Waals surface area contributed by atoms with E-state index in [1.54, 1.807) is 6.92 Å². The molecular weight excluding hydrogens is 142 g/mol. The van der Waals surface area contributed by atoms with E-state index < -0.39 is 11.4 Å². The molecule has 1 aliphatic carbocycles. The molecule has 2 unspecified atom stereocenters. The number of hydrogen-bond acceptors (Lipinski definition) is 2. The van der Waals surface area contributed by atoms with E-state index in [1.165, 1.54) is 0 Å². The molecule has 1 saturated carbocycles. The molecule has 1 rings (SSSR count). The average Bonchev–Trinajstić information content (AvgIpc) is 1.95. The van der Waals surface area contributed by atoms with Crippen LogP contribution in [-0.2, 0) is 4.79 Å². The molecule has 0 radical (unpaired) electrons. The minimum absolute atomic E-state index is 0.159. The first-order chi connectivity index (χ1) is 5.07. The zero-order chi connectivity index (χ0) is 8.48. The summed E-state index contributed by atoms with van der Waals surface area (Å²) in [4.78, 5) is 10.8. The van der Waals surface area contributed by atoms with Gasteiger partial charge in [0.15, 0.2) is 0 Å². The van der Waals surface area contributed by atoms with Crippen molar-refractivity contribution < 1.29 is 9.90 Å². The van der Waals surface area contributed by atoms with Crippen molar-refractivity contribution >= 4 is 5.97 Å². The molecule has 1 fully saturated rings. The Morgan fingerprint density at radius 3 is 2.64 bits per heavy atom. The van der Waals surface area contributed by atoms with Crippen LogP contribution in [0, 0.1) is 5.41 Å². The number of carboxylic acid groups (broad SMARTS) is 1. The standard InChI is InChI=1S/C8H15NO2/c1-8(7(10)11)5-3-2-4-6(8)9/h6H,2-5,9H2,1H3,(H,10,11). The lowest BCUT2D eigenvalue weighted by atomic mass is 9.72. The molecule has 0 aliphatic heterocycles. The van der Waals surface area contributed by atoms with E-state index in [0.29, 0.717) is 0 Å². The molecule has 3 N–H and O–H groups in total. The van der Waals surface area contributed by atoms with E-state index in [4.69, 9.17) is 10.8 Å². The number of carboxylic acids is 1. The van der Waals surface area contributed by atoms with E-state index >= 15 is 0 Å². The van der Waals surface area contributed by atoms with Gasteiger partial charge in [-0.15, -0.1) is 0 Å². The van der Waals surface area contributed by atoms with Gasteiger partial charge in [-0.2, -0.15) is 0 Å². The van der Waals surface area contributed by atoms with Crippen molar-refractivity contribution in [2.75, 3.05) is 0 Å². The Hall–Kier alpha value is -0.570. The molecular formula is C8H15NO2. The second kappa shape index (κ2) is 2.81. The van der Waals surface area contributed by atoms with Gasteiger partial charge in [0.1, 0.15) is 0 Å². The van der Waals surface area contributed by atoms with Crippen molar-refractivity contribution in [1.29, 1.82) is 0 Å². The lowest BCUT2D eigenvalue weighted by Crippen LogP contribution is -2.47. The highest BCUT2D eigenvalue weighted by Crippen LogP contribution is 2.34. The highest BCUT2D eigenvalue weighted by Gasteiger charge is 2.40. The minimum atomic E-state index is -0.746. The molecule has 3 heteroatoms. The number of rotatable bonds is 1. The zero-order valence-electron chi connectivity index (χ0n) is 6.84. The van der Waals surface area contributed by atoms with Crippen LogP contribution >= 0.6 is 0 Å². The van der Waals surface area contributed by atoms with E-state index in [2.05, 4.69) is 0 Å². The second-order valence-electron chi connectivity index (χ2n) is 3.57. The van der Waals surface area contributed by atoms with Crippen molar-refractivity contribution in [2.24, 2.45) is 11.1 Å². The van der Waals surface area contributed by atoms with Crippen LogP contribution in [0.5, 0.6) is 0 Å². The fourth-order valence-corrected chi connectivity index (χ4v) is 1.63. The van der Waals surface area contributed by atoms with E-state index in [0.717, 1.165) is 25.7 Å². The molecule has 2 atom stereocenters. The van der Waals surface area contributed by atoms with Gasteiger partial charge in [-0.05, 0) is 19.8 Å². The predicted molar refractivity (Wildman–Crippen MR) is 42.2 cm³/mol. The quantitative estimate of drug-likeness (QED) is 0.596. The summed E-state index contributed by atoms with van der Waals surface area (Å²) in [7, 11) is 0. The molecule has 0 spiro atoms. The van der Waals surface area contributed by atoms with Crippen LogP contribution < -0.4 is 5.73 Å². The van der Waals surface area contributed by atoms with Crippen molar-refractivity contribution in [3.63, 3.8) is 0 Å². The van der Waals surface area contributed by atoms with Crippen molar-refractivity contribution in [3.05, 3.63) is 0 Å².